The first-order valence-electron chi connectivity index (χ1n) is 4.81. The molecule has 0 aliphatic carbocycles. The summed E-state index contributed by atoms with van der Waals surface area (Å²) in [5, 5.41) is 8.48. The summed E-state index contributed by atoms with van der Waals surface area (Å²) in [4.78, 5) is 2.25. The van der Waals surface area contributed by atoms with Gasteiger partial charge in [0.1, 0.15) is 0 Å². The molecule has 1 rings (SSSR count). The average molecular weight is 189 g/mol. The average Bonchev–Trinajstić information content (AvgIpc) is 2.65. The Hall–Kier alpha value is -0.160. The van der Waals surface area contributed by atoms with Crippen molar-refractivity contribution in [2.45, 2.75) is 12.5 Å². The quantitative estimate of drug-likeness (QED) is 0.583. The Labute approximate surface area is 79.4 Å². The lowest BCUT2D eigenvalue weighted by atomic mass is 10.2. The summed E-state index contributed by atoms with van der Waals surface area (Å²) in [5.74, 6) is 0. The zero-order chi connectivity index (χ0) is 9.52. The van der Waals surface area contributed by atoms with Gasteiger partial charge < -0.3 is 14.6 Å². The second-order valence-corrected chi connectivity index (χ2v) is 3.33. The van der Waals surface area contributed by atoms with E-state index in [2.05, 4.69) is 11.9 Å². The first-order chi connectivity index (χ1) is 6.34. The number of rotatable bonds is 6. The summed E-state index contributed by atoms with van der Waals surface area (Å²) < 4.78 is 10.5. The van der Waals surface area contributed by atoms with E-state index >= 15 is 0 Å². The Morgan fingerprint density at radius 1 is 1.54 bits per heavy atom. The smallest absolute Gasteiger partial charge is 0.0698 e. The number of aliphatic hydroxyl groups is 1. The summed E-state index contributed by atoms with van der Waals surface area (Å²) in [7, 11) is 2.08. The molecule has 1 saturated heterocycles. The van der Waals surface area contributed by atoms with Crippen LogP contribution in [-0.4, -0.2) is 62.7 Å². The highest BCUT2D eigenvalue weighted by atomic mass is 16.5. The summed E-state index contributed by atoms with van der Waals surface area (Å²) >= 11 is 0. The van der Waals surface area contributed by atoms with E-state index < -0.39 is 0 Å². The van der Waals surface area contributed by atoms with Crippen molar-refractivity contribution in [3.05, 3.63) is 0 Å². The number of aliphatic hydroxyl groups excluding tert-OH is 1. The maximum absolute atomic E-state index is 8.48. The van der Waals surface area contributed by atoms with E-state index in [4.69, 9.17) is 14.6 Å². The van der Waals surface area contributed by atoms with Crippen molar-refractivity contribution in [2.24, 2.45) is 0 Å². The van der Waals surface area contributed by atoms with E-state index in [1.807, 2.05) is 0 Å². The fourth-order valence-corrected chi connectivity index (χ4v) is 1.43. The summed E-state index contributed by atoms with van der Waals surface area (Å²) in [6.07, 6.45) is 1.12. The van der Waals surface area contributed by atoms with E-state index in [-0.39, 0.29) is 6.61 Å². The maximum atomic E-state index is 8.48. The molecular weight excluding hydrogens is 170 g/mol. The van der Waals surface area contributed by atoms with Crippen LogP contribution in [0.5, 0.6) is 0 Å². The number of likely N-dealkylation sites (N-methyl/N-ethyl adjacent to an activating group) is 1. The molecule has 1 atom stereocenters. The second-order valence-electron chi connectivity index (χ2n) is 3.33. The molecular formula is C9H19NO3. The van der Waals surface area contributed by atoms with Crippen LogP contribution in [0.2, 0.25) is 0 Å². The van der Waals surface area contributed by atoms with E-state index in [0.29, 0.717) is 19.3 Å². The molecule has 4 heteroatoms. The molecule has 78 valence electrons. The van der Waals surface area contributed by atoms with Gasteiger partial charge in [-0.15, -0.1) is 0 Å². The molecule has 1 aliphatic heterocycles. The van der Waals surface area contributed by atoms with Gasteiger partial charge in [-0.3, -0.25) is 4.90 Å². The second kappa shape index (κ2) is 6.32. The molecule has 1 unspecified atom stereocenters. The van der Waals surface area contributed by atoms with Crippen molar-refractivity contribution < 1.29 is 14.6 Å². The lowest BCUT2D eigenvalue weighted by molar-refractivity contribution is 0.0679. The van der Waals surface area contributed by atoms with Crippen molar-refractivity contribution >= 4 is 0 Å². The fraction of sp³-hybridized carbons (Fsp3) is 1.00. The summed E-state index contributed by atoms with van der Waals surface area (Å²) in [6.45, 7) is 3.87. The van der Waals surface area contributed by atoms with Crippen molar-refractivity contribution in [3.8, 4) is 0 Å². The summed E-state index contributed by atoms with van der Waals surface area (Å²) in [5.41, 5.74) is 0. The molecule has 0 spiro atoms. The van der Waals surface area contributed by atoms with Crippen molar-refractivity contribution in [2.75, 3.05) is 46.6 Å². The van der Waals surface area contributed by atoms with Crippen LogP contribution in [0.3, 0.4) is 0 Å². The van der Waals surface area contributed by atoms with Gasteiger partial charge >= 0.3 is 0 Å². The van der Waals surface area contributed by atoms with E-state index in [0.717, 1.165) is 26.2 Å². The van der Waals surface area contributed by atoms with Gasteiger partial charge in [0.15, 0.2) is 0 Å². The topological polar surface area (TPSA) is 41.9 Å². The predicted molar refractivity (Wildman–Crippen MR) is 49.8 cm³/mol. The monoisotopic (exact) mass is 189 g/mol. The summed E-state index contributed by atoms with van der Waals surface area (Å²) in [6, 6.07) is 0.553. The highest BCUT2D eigenvalue weighted by Gasteiger charge is 2.19. The van der Waals surface area contributed by atoms with Gasteiger partial charge in [0.2, 0.25) is 0 Å². The third-order valence-electron chi connectivity index (χ3n) is 2.35. The first-order valence-corrected chi connectivity index (χ1v) is 4.81. The number of hydrogen-bond acceptors (Lipinski definition) is 4. The van der Waals surface area contributed by atoms with Crippen LogP contribution in [0.4, 0.5) is 0 Å². The van der Waals surface area contributed by atoms with Gasteiger partial charge in [-0.1, -0.05) is 0 Å². The maximum Gasteiger partial charge on any atom is 0.0698 e. The van der Waals surface area contributed by atoms with Crippen LogP contribution in [0, 0.1) is 0 Å². The fourth-order valence-electron chi connectivity index (χ4n) is 1.43. The number of nitrogens with zero attached hydrogens (tertiary/aromatic N) is 1. The van der Waals surface area contributed by atoms with Gasteiger partial charge in [-0.2, -0.15) is 0 Å². The Kier molecular flexibility index (Phi) is 5.31. The van der Waals surface area contributed by atoms with Crippen LogP contribution in [-0.2, 0) is 9.47 Å². The molecule has 1 N–H and O–H groups in total. The zero-order valence-electron chi connectivity index (χ0n) is 8.24. The molecule has 0 bridgehead atoms. The van der Waals surface area contributed by atoms with E-state index in [1.165, 1.54) is 0 Å². The lowest BCUT2D eigenvalue weighted by Crippen LogP contribution is -2.34. The minimum atomic E-state index is 0.107. The Bertz CT molecular complexity index is 126. The van der Waals surface area contributed by atoms with Gasteiger partial charge in [-0.25, -0.2) is 0 Å². The van der Waals surface area contributed by atoms with Gasteiger partial charge in [0, 0.05) is 19.2 Å². The molecule has 0 radical (unpaired) electrons. The molecule has 4 nitrogen and oxygen atoms in total. The highest BCUT2D eigenvalue weighted by molar-refractivity contribution is 4.72. The minimum absolute atomic E-state index is 0.107. The van der Waals surface area contributed by atoms with Crippen LogP contribution in [0.25, 0.3) is 0 Å². The molecule has 0 aromatic carbocycles. The van der Waals surface area contributed by atoms with Crippen LogP contribution < -0.4 is 0 Å². The third kappa shape index (κ3) is 4.04. The predicted octanol–water partition coefficient (Wildman–Crippen LogP) is -0.284. The van der Waals surface area contributed by atoms with Crippen molar-refractivity contribution in [3.63, 3.8) is 0 Å². The Morgan fingerprint density at radius 2 is 2.38 bits per heavy atom. The van der Waals surface area contributed by atoms with Crippen molar-refractivity contribution in [1.29, 1.82) is 0 Å². The Balaban J connectivity index is 1.99. The Morgan fingerprint density at radius 3 is 3.00 bits per heavy atom. The SMILES string of the molecule is CN(CCOCCO)C1CCOC1. The zero-order valence-corrected chi connectivity index (χ0v) is 8.24. The third-order valence-corrected chi connectivity index (χ3v) is 2.35. The molecule has 13 heavy (non-hydrogen) atoms. The van der Waals surface area contributed by atoms with Crippen LogP contribution in [0.1, 0.15) is 6.42 Å². The van der Waals surface area contributed by atoms with Gasteiger partial charge in [-0.05, 0) is 13.5 Å². The molecule has 1 fully saturated rings. The van der Waals surface area contributed by atoms with Gasteiger partial charge in [0.05, 0.1) is 26.4 Å². The largest absolute Gasteiger partial charge is 0.394 e. The molecule has 0 saturated carbocycles. The molecule has 1 heterocycles. The van der Waals surface area contributed by atoms with E-state index in [1.54, 1.807) is 0 Å². The van der Waals surface area contributed by atoms with Crippen LogP contribution in [0.15, 0.2) is 0 Å². The highest BCUT2D eigenvalue weighted by Crippen LogP contribution is 2.09. The van der Waals surface area contributed by atoms with Crippen molar-refractivity contribution in [1.82, 2.24) is 4.90 Å². The lowest BCUT2D eigenvalue weighted by Gasteiger charge is -2.22. The normalized spacial score (nSPS) is 22.8. The molecule has 0 amide bonds. The van der Waals surface area contributed by atoms with Gasteiger partial charge in [0.25, 0.3) is 0 Å². The number of ether oxygens (including phenoxy) is 2. The molecule has 0 aromatic rings. The van der Waals surface area contributed by atoms with E-state index in [9.17, 15) is 0 Å². The minimum Gasteiger partial charge on any atom is -0.394 e. The number of hydrogen-bond donors (Lipinski definition) is 1. The van der Waals surface area contributed by atoms with Crippen LogP contribution >= 0.6 is 0 Å². The standard InChI is InChI=1S/C9H19NO3/c1-10(3-6-12-7-4-11)9-2-5-13-8-9/h9,11H,2-8H2,1H3. The molecule has 1 aliphatic rings. The molecule has 0 aromatic heterocycles. The first kappa shape index (κ1) is 10.9.